The van der Waals surface area contributed by atoms with Crippen molar-refractivity contribution in [2.24, 2.45) is 0 Å². The first-order chi connectivity index (χ1) is 6.66. The van der Waals surface area contributed by atoms with Gasteiger partial charge >= 0.3 is 0 Å². The Kier molecular flexibility index (Phi) is 2.35. The summed E-state index contributed by atoms with van der Waals surface area (Å²) in [5.41, 5.74) is 1.55. The highest BCUT2D eigenvalue weighted by Crippen LogP contribution is 2.22. The molecule has 0 unspecified atom stereocenters. The van der Waals surface area contributed by atoms with E-state index in [0.29, 0.717) is 12.0 Å². The molecule has 2 nitrogen and oxygen atoms in total. The number of fused-ring (bicyclic) bond motifs is 1. The van der Waals surface area contributed by atoms with Gasteiger partial charge in [-0.3, -0.25) is 4.79 Å². The quantitative estimate of drug-likeness (QED) is 0.716. The molecule has 0 saturated carbocycles. The average Bonchev–Trinajstić information content (AvgIpc) is 2.47. The van der Waals surface area contributed by atoms with Crippen molar-refractivity contribution in [1.82, 2.24) is 4.57 Å². The standard InChI is InChI=1S/C10H11F2NO/c11-10(12)6-13-4-7-2-1-3-9(14)8(7)5-13/h4-5,10H,1-3,6H2. The van der Waals surface area contributed by atoms with E-state index in [4.69, 9.17) is 0 Å². The third-order valence-corrected chi connectivity index (χ3v) is 2.46. The van der Waals surface area contributed by atoms with Gasteiger partial charge in [-0.2, -0.15) is 0 Å². The lowest BCUT2D eigenvalue weighted by Gasteiger charge is -2.07. The molecule has 0 saturated heterocycles. The summed E-state index contributed by atoms with van der Waals surface area (Å²) in [5.74, 6) is 0.0827. The van der Waals surface area contributed by atoms with E-state index in [0.717, 1.165) is 18.4 Å². The number of halogens is 2. The molecule has 0 spiro atoms. The number of Topliss-reactive ketones (excluding diaryl/α,β-unsaturated/α-hetero) is 1. The highest BCUT2D eigenvalue weighted by molar-refractivity contribution is 5.98. The molecule has 1 aromatic rings. The van der Waals surface area contributed by atoms with E-state index >= 15 is 0 Å². The smallest absolute Gasteiger partial charge is 0.256 e. The van der Waals surface area contributed by atoms with Crippen LogP contribution in [0, 0.1) is 0 Å². The fourth-order valence-corrected chi connectivity index (χ4v) is 1.84. The number of aromatic nitrogens is 1. The van der Waals surface area contributed by atoms with Crippen molar-refractivity contribution in [3.05, 3.63) is 23.5 Å². The minimum atomic E-state index is -2.36. The molecule has 0 aromatic carbocycles. The average molecular weight is 199 g/mol. The van der Waals surface area contributed by atoms with E-state index in [1.54, 1.807) is 12.4 Å². The molecule has 0 aliphatic heterocycles. The molecular formula is C10H11F2NO. The second-order valence-electron chi connectivity index (χ2n) is 3.56. The van der Waals surface area contributed by atoms with Gasteiger partial charge in [-0.1, -0.05) is 0 Å². The predicted molar refractivity (Wildman–Crippen MR) is 47.7 cm³/mol. The monoisotopic (exact) mass is 199 g/mol. The largest absolute Gasteiger partial charge is 0.348 e. The van der Waals surface area contributed by atoms with Gasteiger partial charge in [-0.15, -0.1) is 0 Å². The van der Waals surface area contributed by atoms with Crippen molar-refractivity contribution in [2.45, 2.75) is 32.2 Å². The Balaban J connectivity index is 2.26. The van der Waals surface area contributed by atoms with Crippen LogP contribution in [-0.2, 0) is 13.0 Å². The molecule has 0 atom stereocenters. The van der Waals surface area contributed by atoms with Crippen molar-refractivity contribution in [3.63, 3.8) is 0 Å². The van der Waals surface area contributed by atoms with E-state index in [1.165, 1.54) is 4.57 Å². The number of carbonyl (C=O) groups excluding carboxylic acids is 1. The molecule has 76 valence electrons. The molecule has 14 heavy (non-hydrogen) atoms. The van der Waals surface area contributed by atoms with Crippen LogP contribution in [-0.4, -0.2) is 16.8 Å². The predicted octanol–water partition coefficient (Wildman–Crippen LogP) is 2.27. The molecule has 0 bridgehead atoms. The molecule has 0 N–H and O–H groups in total. The molecular weight excluding hydrogens is 188 g/mol. The maximum atomic E-state index is 12.1. The Morgan fingerprint density at radius 1 is 1.36 bits per heavy atom. The van der Waals surface area contributed by atoms with Crippen molar-refractivity contribution >= 4 is 5.78 Å². The van der Waals surface area contributed by atoms with Gasteiger partial charge in [0.25, 0.3) is 6.43 Å². The van der Waals surface area contributed by atoms with Crippen LogP contribution in [0.3, 0.4) is 0 Å². The van der Waals surface area contributed by atoms with E-state index in [2.05, 4.69) is 0 Å². The Labute approximate surface area is 80.5 Å². The van der Waals surface area contributed by atoms with Gasteiger partial charge in [-0.25, -0.2) is 8.78 Å². The number of hydrogen-bond donors (Lipinski definition) is 0. The number of nitrogens with zero attached hydrogens (tertiary/aromatic N) is 1. The number of ketones is 1. The molecule has 1 heterocycles. The number of rotatable bonds is 2. The third-order valence-electron chi connectivity index (χ3n) is 2.46. The van der Waals surface area contributed by atoms with Crippen LogP contribution in [0.2, 0.25) is 0 Å². The zero-order valence-corrected chi connectivity index (χ0v) is 7.67. The van der Waals surface area contributed by atoms with Crippen LogP contribution in [0.4, 0.5) is 8.78 Å². The normalized spacial score (nSPS) is 16.1. The second kappa shape index (κ2) is 3.52. The van der Waals surface area contributed by atoms with Crippen molar-refractivity contribution in [2.75, 3.05) is 0 Å². The number of alkyl halides is 2. The number of carbonyl (C=O) groups is 1. The molecule has 2 rings (SSSR count). The molecule has 4 heteroatoms. The first kappa shape index (κ1) is 9.37. The molecule has 0 radical (unpaired) electrons. The summed E-state index contributed by atoms with van der Waals surface area (Å²) in [6, 6.07) is 0. The Bertz CT molecular complexity index is 357. The van der Waals surface area contributed by atoms with Gasteiger partial charge in [-0.05, 0) is 18.4 Å². The maximum Gasteiger partial charge on any atom is 0.256 e. The lowest BCUT2D eigenvalue weighted by atomic mass is 9.95. The topological polar surface area (TPSA) is 22.0 Å². The highest BCUT2D eigenvalue weighted by atomic mass is 19.3. The summed E-state index contributed by atoms with van der Waals surface area (Å²) < 4.78 is 25.6. The van der Waals surface area contributed by atoms with Crippen LogP contribution >= 0.6 is 0 Å². The second-order valence-corrected chi connectivity index (χ2v) is 3.56. The van der Waals surface area contributed by atoms with Crippen LogP contribution in [0.15, 0.2) is 12.4 Å². The summed E-state index contributed by atoms with van der Waals surface area (Å²) in [6.07, 6.45) is 3.06. The number of hydrogen-bond acceptors (Lipinski definition) is 1. The lowest BCUT2D eigenvalue weighted by Crippen LogP contribution is -2.07. The van der Waals surface area contributed by atoms with Crippen LogP contribution in [0.5, 0.6) is 0 Å². The van der Waals surface area contributed by atoms with Gasteiger partial charge in [0.1, 0.15) is 0 Å². The highest BCUT2D eigenvalue weighted by Gasteiger charge is 2.19. The minimum absolute atomic E-state index is 0.0827. The molecule has 1 aromatic heterocycles. The van der Waals surface area contributed by atoms with E-state index in [-0.39, 0.29) is 12.3 Å². The van der Waals surface area contributed by atoms with E-state index in [9.17, 15) is 13.6 Å². The number of aryl methyl sites for hydroxylation is 1. The first-order valence-corrected chi connectivity index (χ1v) is 4.67. The van der Waals surface area contributed by atoms with E-state index in [1.807, 2.05) is 0 Å². The molecule has 1 aliphatic rings. The summed E-state index contributed by atoms with van der Waals surface area (Å²) >= 11 is 0. The fourth-order valence-electron chi connectivity index (χ4n) is 1.84. The van der Waals surface area contributed by atoms with Crippen molar-refractivity contribution in [3.8, 4) is 0 Å². The van der Waals surface area contributed by atoms with Gasteiger partial charge in [0.05, 0.1) is 6.54 Å². The fraction of sp³-hybridized carbons (Fsp3) is 0.500. The van der Waals surface area contributed by atoms with Crippen molar-refractivity contribution < 1.29 is 13.6 Å². The zero-order valence-electron chi connectivity index (χ0n) is 7.67. The molecule has 1 aliphatic carbocycles. The van der Waals surface area contributed by atoms with Gasteiger partial charge < -0.3 is 4.57 Å². The van der Waals surface area contributed by atoms with Crippen LogP contribution in [0.1, 0.15) is 28.8 Å². The van der Waals surface area contributed by atoms with Gasteiger partial charge in [0.2, 0.25) is 0 Å². The summed E-state index contributed by atoms with van der Waals surface area (Å²) in [5, 5.41) is 0. The zero-order chi connectivity index (χ0) is 10.1. The minimum Gasteiger partial charge on any atom is -0.348 e. The van der Waals surface area contributed by atoms with E-state index < -0.39 is 6.43 Å². The maximum absolute atomic E-state index is 12.1. The van der Waals surface area contributed by atoms with Crippen molar-refractivity contribution in [1.29, 1.82) is 0 Å². The van der Waals surface area contributed by atoms with Gasteiger partial charge in [0.15, 0.2) is 5.78 Å². The Hall–Kier alpha value is -1.19. The summed E-state index contributed by atoms with van der Waals surface area (Å²) in [6.45, 7) is -0.319. The van der Waals surface area contributed by atoms with Crippen LogP contribution < -0.4 is 0 Å². The molecule has 0 fully saturated rings. The lowest BCUT2D eigenvalue weighted by molar-refractivity contribution is 0.0971. The SMILES string of the molecule is O=C1CCCc2cn(CC(F)F)cc21. The third kappa shape index (κ3) is 1.69. The Morgan fingerprint density at radius 2 is 2.14 bits per heavy atom. The van der Waals surface area contributed by atoms with Crippen LogP contribution in [0.25, 0.3) is 0 Å². The molecule has 0 amide bonds. The Morgan fingerprint density at radius 3 is 2.79 bits per heavy atom. The summed E-state index contributed by atoms with van der Waals surface area (Å²) in [4.78, 5) is 11.4. The first-order valence-electron chi connectivity index (χ1n) is 4.67. The summed E-state index contributed by atoms with van der Waals surface area (Å²) in [7, 11) is 0. The van der Waals surface area contributed by atoms with Gasteiger partial charge in [0, 0.05) is 24.4 Å².